The van der Waals surface area contributed by atoms with Crippen LogP contribution in [0.4, 0.5) is 0 Å². The second-order valence-electron chi connectivity index (χ2n) is 8.18. The Morgan fingerprint density at radius 1 is 1.24 bits per heavy atom. The van der Waals surface area contributed by atoms with Gasteiger partial charge in [-0.2, -0.15) is 0 Å². The molecular weight excluding hydrogens is 280 g/mol. The first-order valence-corrected chi connectivity index (χ1v) is 9.58. The molecule has 0 radical (unpaired) electrons. The molecule has 0 aromatic heterocycles. The van der Waals surface area contributed by atoms with Crippen LogP contribution in [0.3, 0.4) is 0 Å². The number of hydrogen-bond donors (Lipinski definition) is 2. The largest absolute Gasteiger partial charge is 0.352 e. The number of carbonyl (C=O) groups excluding carboxylic acids is 1. The molecule has 3 unspecified atom stereocenters. The van der Waals surface area contributed by atoms with Crippen molar-refractivity contribution in [1.29, 1.82) is 0 Å². The number of rotatable bonds is 4. The van der Waals surface area contributed by atoms with Gasteiger partial charge in [0.25, 0.3) is 0 Å². The highest BCUT2D eigenvalue weighted by atomic mass is 32.2. The summed E-state index contributed by atoms with van der Waals surface area (Å²) in [5, 5.41) is 7.45. The van der Waals surface area contributed by atoms with Gasteiger partial charge in [-0.3, -0.25) is 4.79 Å². The SMILES string of the molecule is CC12CCC(C1)C(C)(C)C2NC(=O)CSC1CCNCC1. The molecule has 4 heteroatoms. The van der Waals surface area contributed by atoms with Crippen molar-refractivity contribution in [3.8, 4) is 0 Å². The van der Waals surface area contributed by atoms with E-state index in [4.69, 9.17) is 0 Å². The van der Waals surface area contributed by atoms with Crippen LogP contribution in [0, 0.1) is 16.7 Å². The Labute approximate surface area is 133 Å². The summed E-state index contributed by atoms with van der Waals surface area (Å²) < 4.78 is 0. The fraction of sp³-hybridized carbons (Fsp3) is 0.941. The molecule has 0 aromatic carbocycles. The van der Waals surface area contributed by atoms with Gasteiger partial charge in [0, 0.05) is 11.3 Å². The van der Waals surface area contributed by atoms with E-state index in [-0.39, 0.29) is 11.3 Å². The van der Waals surface area contributed by atoms with E-state index in [0.717, 1.165) is 19.0 Å². The Bertz CT molecular complexity index is 401. The van der Waals surface area contributed by atoms with Crippen molar-refractivity contribution in [3.05, 3.63) is 0 Å². The summed E-state index contributed by atoms with van der Waals surface area (Å²) >= 11 is 1.86. The monoisotopic (exact) mass is 310 g/mol. The molecule has 2 aliphatic carbocycles. The average Bonchev–Trinajstić information content (AvgIpc) is 2.94. The molecule has 2 N–H and O–H groups in total. The molecule has 3 atom stereocenters. The van der Waals surface area contributed by atoms with Gasteiger partial charge >= 0.3 is 0 Å². The van der Waals surface area contributed by atoms with Crippen LogP contribution in [0.15, 0.2) is 0 Å². The van der Waals surface area contributed by atoms with Gasteiger partial charge in [-0.1, -0.05) is 20.8 Å². The number of piperidine rings is 1. The second kappa shape index (κ2) is 5.77. The molecule has 1 saturated heterocycles. The summed E-state index contributed by atoms with van der Waals surface area (Å²) in [6.07, 6.45) is 6.33. The van der Waals surface area contributed by atoms with Gasteiger partial charge in [0.15, 0.2) is 0 Å². The Morgan fingerprint density at radius 2 is 1.95 bits per heavy atom. The molecule has 1 aliphatic heterocycles. The van der Waals surface area contributed by atoms with Crippen molar-refractivity contribution in [1.82, 2.24) is 10.6 Å². The van der Waals surface area contributed by atoms with Crippen LogP contribution in [-0.4, -0.2) is 36.0 Å². The fourth-order valence-electron chi connectivity index (χ4n) is 5.02. The average molecular weight is 311 g/mol. The van der Waals surface area contributed by atoms with Gasteiger partial charge in [-0.15, -0.1) is 11.8 Å². The fourth-order valence-corrected chi connectivity index (χ4v) is 6.06. The predicted octanol–water partition coefficient (Wildman–Crippen LogP) is 2.80. The summed E-state index contributed by atoms with van der Waals surface area (Å²) in [6.45, 7) is 9.30. The van der Waals surface area contributed by atoms with E-state index >= 15 is 0 Å². The summed E-state index contributed by atoms with van der Waals surface area (Å²) in [4.78, 5) is 12.4. The highest BCUT2D eigenvalue weighted by molar-refractivity contribution is 8.00. The van der Waals surface area contributed by atoms with Crippen LogP contribution >= 0.6 is 11.8 Å². The standard InChI is InChI=1S/C17H30N2OS/c1-16(2)12-4-7-17(3,10-12)15(16)19-14(20)11-21-13-5-8-18-9-6-13/h12-13,15,18H,4-11H2,1-3H3,(H,19,20). The quantitative estimate of drug-likeness (QED) is 0.839. The van der Waals surface area contributed by atoms with Gasteiger partial charge in [0.05, 0.1) is 5.75 Å². The number of amides is 1. The summed E-state index contributed by atoms with van der Waals surface area (Å²) in [5.41, 5.74) is 0.603. The first-order chi connectivity index (χ1) is 9.92. The maximum absolute atomic E-state index is 12.4. The minimum atomic E-state index is 0.255. The van der Waals surface area contributed by atoms with E-state index < -0.39 is 0 Å². The predicted molar refractivity (Wildman–Crippen MR) is 89.5 cm³/mol. The smallest absolute Gasteiger partial charge is 0.230 e. The lowest BCUT2D eigenvalue weighted by Crippen LogP contribution is -2.52. The van der Waals surface area contributed by atoms with Crippen molar-refractivity contribution >= 4 is 17.7 Å². The van der Waals surface area contributed by atoms with Crippen molar-refractivity contribution in [2.24, 2.45) is 16.7 Å². The third-order valence-electron chi connectivity index (χ3n) is 6.31. The van der Waals surface area contributed by atoms with Crippen LogP contribution in [0.2, 0.25) is 0 Å². The third kappa shape index (κ3) is 2.98. The van der Waals surface area contributed by atoms with E-state index in [1.807, 2.05) is 11.8 Å². The zero-order valence-electron chi connectivity index (χ0n) is 13.7. The molecule has 0 aromatic rings. The summed E-state index contributed by atoms with van der Waals surface area (Å²) in [5.74, 6) is 1.69. The van der Waals surface area contributed by atoms with E-state index in [9.17, 15) is 4.79 Å². The highest BCUT2D eigenvalue weighted by Crippen LogP contribution is 2.62. The second-order valence-corrected chi connectivity index (χ2v) is 9.46. The molecule has 0 spiro atoms. The van der Waals surface area contributed by atoms with Gasteiger partial charge in [0.1, 0.15) is 0 Å². The first kappa shape index (κ1) is 15.7. The molecule has 3 aliphatic rings. The van der Waals surface area contributed by atoms with Crippen molar-refractivity contribution < 1.29 is 4.79 Å². The number of thioether (sulfide) groups is 1. The molecule has 2 bridgehead atoms. The minimum absolute atomic E-state index is 0.255. The van der Waals surface area contributed by atoms with E-state index in [2.05, 4.69) is 31.4 Å². The van der Waals surface area contributed by atoms with Crippen LogP contribution in [-0.2, 0) is 4.79 Å². The number of hydrogen-bond acceptors (Lipinski definition) is 3. The first-order valence-electron chi connectivity index (χ1n) is 8.53. The van der Waals surface area contributed by atoms with Crippen LogP contribution in [0.25, 0.3) is 0 Å². The van der Waals surface area contributed by atoms with E-state index in [0.29, 0.717) is 22.5 Å². The lowest BCUT2D eigenvalue weighted by atomic mass is 9.68. The lowest BCUT2D eigenvalue weighted by molar-refractivity contribution is -0.121. The molecule has 120 valence electrons. The zero-order chi connectivity index (χ0) is 15.1. The normalized spacial score (nSPS) is 38.6. The Kier molecular flexibility index (Phi) is 4.30. The van der Waals surface area contributed by atoms with Gasteiger partial charge in [-0.25, -0.2) is 0 Å². The lowest BCUT2D eigenvalue weighted by Gasteiger charge is -2.43. The topological polar surface area (TPSA) is 41.1 Å². The number of nitrogens with one attached hydrogen (secondary N) is 2. The third-order valence-corrected chi connectivity index (χ3v) is 7.68. The van der Waals surface area contributed by atoms with E-state index in [1.54, 1.807) is 0 Å². The summed E-state index contributed by atoms with van der Waals surface area (Å²) in [7, 11) is 0. The molecule has 3 fully saturated rings. The Balaban J connectivity index is 1.52. The van der Waals surface area contributed by atoms with Gasteiger partial charge < -0.3 is 10.6 Å². The Morgan fingerprint density at radius 3 is 2.57 bits per heavy atom. The van der Waals surface area contributed by atoms with Crippen molar-refractivity contribution in [3.63, 3.8) is 0 Å². The van der Waals surface area contributed by atoms with Crippen LogP contribution in [0.5, 0.6) is 0 Å². The zero-order valence-corrected chi connectivity index (χ0v) is 14.5. The molecule has 3 rings (SSSR count). The minimum Gasteiger partial charge on any atom is -0.352 e. The van der Waals surface area contributed by atoms with Crippen molar-refractivity contribution in [2.45, 2.75) is 64.2 Å². The molecular formula is C17H30N2OS. The van der Waals surface area contributed by atoms with Gasteiger partial charge in [-0.05, 0) is 61.9 Å². The maximum Gasteiger partial charge on any atom is 0.230 e. The van der Waals surface area contributed by atoms with Crippen LogP contribution in [0.1, 0.15) is 52.9 Å². The molecule has 1 amide bonds. The molecule has 3 nitrogen and oxygen atoms in total. The van der Waals surface area contributed by atoms with Gasteiger partial charge in [0.2, 0.25) is 5.91 Å². The maximum atomic E-state index is 12.4. The Hall–Kier alpha value is -0.220. The van der Waals surface area contributed by atoms with Crippen molar-refractivity contribution in [2.75, 3.05) is 18.8 Å². The number of carbonyl (C=O) groups is 1. The molecule has 21 heavy (non-hydrogen) atoms. The summed E-state index contributed by atoms with van der Waals surface area (Å²) in [6, 6.07) is 0.366. The molecule has 2 saturated carbocycles. The van der Waals surface area contributed by atoms with Crippen LogP contribution < -0.4 is 10.6 Å². The van der Waals surface area contributed by atoms with E-state index in [1.165, 1.54) is 32.1 Å². The molecule has 1 heterocycles. The highest BCUT2D eigenvalue weighted by Gasteiger charge is 2.59. The number of fused-ring (bicyclic) bond motifs is 2.